The van der Waals surface area contributed by atoms with Crippen molar-refractivity contribution in [1.82, 2.24) is 9.72 Å². The van der Waals surface area contributed by atoms with Gasteiger partial charge in [0.25, 0.3) is 0 Å². The first kappa shape index (κ1) is 9.06. The van der Waals surface area contributed by atoms with Crippen LogP contribution in [0.4, 0.5) is 0 Å². The molecule has 0 N–H and O–H groups in total. The third kappa shape index (κ3) is 1.58. The standard InChI is InChI=1S/C11H14N2O/c1-8-6-11(14-12-8)7-13-9(2)4-5-10(13)3/h4-6H,7H2,1-3H3. The summed E-state index contributed by atoms with van der Waals surface area (Å²) in [6, 6.07) is 6.19. The van der Waals surface area contributed by atoms with Crippen molar-refractivity contribution in [3.63, 3.8) is 0 Å². The third-order valence-electron chi connectivity index (χ3n) is 2.41. The van der Waals surface area contributed by atoms with E-state index in [0.29, 0.717) is 0 Å². The van der Waals surface area contributed by atoms with E-state index in [1.54, 1.807) is 0 Å². The van der Waals surface area contributed by atoms with Crippen molar-refractivity contribution in [2.45, 2.75) is 27.3 Å². The molecule has 0 fully saturated rings. The van der Waals surface area contributed by atoms with Crippen molar-refractivity contribution in [3.05, 3.63) is 41.0 Å². The zero-order valence-electron chi connectivity index (χ0n) is 8.74. The average molecular weight is 190 g/mol. The first-order valence-corrected chi connectivity index (χ1v) is 4.72. The van der Waals surface area contributed by atoms with E-state index in [1.807, 2.05) is 13.0 Å². The number of aryl methyl sites for hydroxylation is 3. The Morgan fingerprint density at radius 3 is 2.36 bits per heavy atom. The van der Waals surface area contributed by atoms with Crippen LogP contribution in [-0.4, -0.2) is 9.72 Å². The van der Waals surface area contributed by atoms with Gasteiger partial charge in [0.2, 0.25) is 0 Å². The quantitative estimate of drug-likeness (QED) is 0.728. The van der Waals surface area contributed by atoms with E-state index >= 15 is 0 Å². The van der Waals surface area contributed by atoms with Gasteiger partial charge in [-0.15, -0.1) is 0 Å². The second-order valence-corrected chi connectivity index (χ2v) is 3.64. The summed E-state index contributed by atoms with van der Waals surface area (Å²) in [5.41, 5.74) is 3.43. The van der Waals surface area contributed by atoms with Gasteiger partial charge < -0.3 is 9.09 Å². The van der Waals surface area contributed by atoms with Gasteiger partial charge in [0, 0.05) is 17.5 Å². The van der Waals surface area contributed by atoms with Crippen LogP contribution < -0.4 is 0 Å². The fourth-order valence-electron chi connectivity index (χ4n) is 1.60. The van der Waals surface area contributed by atoms with Crippen molar-refractivity contribution in [3.8, 4) is 0 Å². The lowest BCUT2D eigenvalue weighted by atomic mass is 10.3. The molecule has 0 spiro atoms. The van der Waals surface area contributed by atoms with Crippen LogP contribution in [0.1, 0.15) is 22.8 Å². The fraction of sp³-hybridized carbons (Fsp3) is 0.364. The minimum Gasteiger partial charge on any atom is -0.359 e. The van der Waals surface area contributed by atoms with Crippen LogP contribution in [0.5, 0.6) is 0 Å². The molecule has 2 aromatic rings. The molecule has 0 aliphatic carbocycles. The Hall–Kier alpha value is -1.51. The first-order chi connectivity index (χ1) is 6.66. The maximum absolute atomic E-state index is 5.18. The lowest BCUT2D eigenvalue weighted by Gasteiger charge is -2.05. The largest absolute Gasteiger partial charge is 0.359 e. The highest BCUT2D eigenvalue weighted by molar-refractivity contribution is 5.16. The molecule has 0 atom stereocenters. The Kier molecular flexibility index (Phi) is 2.15. The van der Waals surface area contributed by atoms with Gasteiger partial charge in [0.15, 0.2) is 5.76 Å². The Morgan fingerprint density at radius 2 is 1.86 bits per heavy atom. The lowest BCUT2D eigenvalue weighted by molar-refractivity contribution is 0.371. The molecule has 0 aliphatic rings. The molecular formula is C11H14N2O. The topological polar surface area (TPSA) is 31.0 Å². The SMILES string of the molecule is Cc1cc(Cn2c(C)ccc2C)on1. The Bertz CT molecular complexity index is 420. The molecule has 3 nitrogen and oxygen atoms in total. The van der Waals surface area contributed by atoms with Gasteiger partial charge in [-0.25, -0.2) is 0 Å². The van der Waals surface area contributed by atoms with E-state index in [1.165, 1.54) is 11.4 Å². The summed E-state index contributed by atoms with van der Waals surface area (Å²) in [6.45, 7) is 6.89. The van der Waals surface area contributed by atoms with Gasteiger partial charge in [0.1, 0.15) is 0 Å². The summed E-state index contributed by atoms with van der Waals surface area (Å²) in [6.07, 6.45) is 0. The molecule has 2 aromatic heterocycles. The van der Waals surface area contributed by atoms with E-state index in [9.17, 15) is 0 Å². The molecule has 0 bridgehead atoms. The highest BCUT2D eigenvalue weighted by Crippen LogP contribution is 2.11. The molecule has 2 heterocycles. The summed E-state index contributed by atoms with van der Waals surface area (Å²) in [4.78, 5) is 0. The number of nitrogens with zero attached hydrogens (tertiary/aromatic N) is 2. The van der Waals surface area contributed by atoms with Gasteiger partial charge in [-0.1, -0.05) is 5.16 Å². The molecule has 0 aliphatic heterocycles. The summed E-state index contributed by atoms with van der Waals surface area (Å²) in [5.74, 6) is 0.907. The minimum absolute atomic E-state index is 0.769. The van der Waals surface area contributed by atoms with Crippen molar-refractivity contribution < 1.29 is 4.52 Å². The van der Waals surface area contributed by atoms with Gasteiger partial charge in [-0.3, -0.25) is 0 Å². The predicted molar refractivity (Wildman–Crippen MR) is 54.2 cm³/mol. The number of hydrogen-bond acceptors (Lipinski definition) is 2. The molecule has 0 saturated heterocycles. The van der Waals surface area contributed by atoms with Crippen LogP contribution in [0.3, 0.4) is 0 Å². The van der Waals surface area contributed by atoms with Crippen LogP contribution >= 0.6 is 0 Å². The minimum atomic E-state index is 0.769. The molecule has 14 heavy (non-hydrogen) atoms. The molecule has 0 aromatic carbocycles. The molecule has 0 unspecified atom stereocenters. The second kappa shape index (κ2) is 3.33. The third-order valence-corrected chi connectivity index (χ3v) is 2.41. The van der Waals surface area contributed by atoms with Crippen molar-refractivity contribution in [1.29, 1.82) is 0 Å². The monoisotopic (exact) mass is 190 g/mol. The van der Waals surface area contributed by atoms with Gasteiger partial charge >= 0.3 is 0 Å². The molecular weight excluding hydrogens is 176 g/mol. The zero-order chi connectivity index (χ0) is 10.1. The number of hydrogen-bond donors (Lipinski definition) is 0. The highest BCUT2D eigenvalue weighted by Gasteiger charge is 2.05. The normalized spacial score (nSPS) is 10.8. The van der Waals surface area contributed by atoms with Crippen LogP contribution in [0.25, 0.3) is 0 Å². The Morgan fingerprint density at radius 1 is 1.21 bits per heavy atom. The molecule has 3 heteroatoms. The molecule has 74 valence electrons. The van der Waals surface area contributed by atoms with Crippen LogP contribution in [0.2, 0.25) is 0 Å². The van der Waals surface area contributed by atoms with E-state index in [4.69, 9.17) is 4.52 Å². The van der Waals surface area contributed by atoms with E-state index in [0.717, 1.165) is 18.0 Å². The fourth-order valence-corrected chi connectivity index (χ4v) is 1.60. The maximum atomic E-state index is 5.18. The van der Waals surface area contributed by atoms with Crippen molar-refractivity contribution in [2.24, 2.45) is 0 Å². The van der Waals surface area contributed by atoms with E-state index < -0.39 is 0 Å². The molecule has 0 amide bonds. The smallest absolute Gasteiger partial charge is 0.156 e. The summed E-state index contributed by atoms with van der Waals surface area (Å²) in [5, 5.41) is 3.87. The van der Waals surface area contributed by atoms with Crippen LogP contribution in [0.15, 0.2) is 22.7 Å². The lowest BCUT2D eigenvalue weighted by Crippen LogP contribution is -2.02. The van der Waals surface area contributed by atoms with Gasteiger partial charge in [0.05, 0.1) is 12.2 Å². The van der Waals surface area contributed by atoms with E-state index in [2.05, 4.69) is 35.7 Å². The van der Waals surface area contributed by atoms with Gasteiger partial charge in [-0.2, -0.15) is 0 Å². The summed E-state index contributed by atoms with van der Waals surface area (Å²) < 4.78 is 7.39. The molecule has 2 rings (SSSR count). The Labute approximate surface area is 83.3 Å². The zero-order valence-corrected chi connectivity index (χ0v) is 8.74. The highest BCUT2D eigenvalue weighted by atomic mass is 16.5. The van der Waals surface area contributed by atoms with E-state index in [-0.39, 0.29) is 0 Å². The summed E-state index contributed by atoms with van der Waals surface area (Å²) in [7, 11) is 0. The van der Waals surface area contributed by atoms with Crippen molar-refractivity contribution >= 4 is 0 Å². The molecule has 0 radical (unpaired) electrons. The van der Waals surface area contributed by atoms with Crippen LogP contribution in [0, 0.1) is 20.8 Å². The number of aromatic nitrogens is 2. The number of rotatable bonds is 2. The van der Waals surface area contributed by atoms with Gasteiger partial charge in [-0.05, 0) is 32.9 Å². The predicted octanol–water partition coefficient (Wildman–Crippen LogP) is 2.45. The van der Waals surface area contributed by atoms with Crippen molar-refractivity contribution in [2.75, 3.05) is 0 Å². The Balaban J connectivity index is 2.26. The van der Waals surface area contributed by atoms with Crippen LogP contribution in [-0.2, 0) is 6.54 Å². The maximum Gasteiger partial charge on any atom is 0.156 e. The summed E-state index contributed by atoms with van der Waals surface area (Å²) >= 11 is 0. The first-order valence-electron chi connectivity index (χ1n) is 4.72. The average Bonchev–Trinajstić information content (AvgIpc) is 2.67. The second-order valence-electron chi connectivity index (χ2n) is 3.64. The molecule has 0 saturated carbocycles.